The summed E-state index contributed by atoms with van der Waals surface area (Å²) in [7, 11) is 1.62. The molecule has 0 bridgehead atoms. The van der Waals surface area contributed by atoms with Crippen molar-refractivity contribution in [2.24, 2.45) is 0 Å². The molecule has 0 aliphatic carbocycles. The lowest BCUT2D eigenvalue weighted by molar-refractivity contribution is 0.0947. The fourth-order valence-electron chi connectivity index (χ4n) is 2.63. The van der Waals surface area contributed by atoms with Crippen molar-refractivity contribution in [2.75, 3.05) is 7.11 Å². The smallest absolute Gasteiger partial charge is 0.272 e. The van der Waals surface area contributed by atoms with Crippen LogP contribution in [0.5, 0.6) is 5.75 Å². The van der Waals surface area contributed by atoms with Crippen LogP contribution >= 0.6 is 0 Å². The van der Waals surface area contributed by atoms with E-state index in [4.69, 9.17) is 4.74 Å². The highest BCUT2D eigenvalue weighted by molar-refractivity contribution is 5.99. The summed E-state index contributed by atoms with van der Waals surface area (Å²) in [6, 6.07) is 13.4. The molecule has 3 aromatic rings. The third-order valence-electron chi connectivity index (χ3n) is 3.78. The summed E-state index contributed by atoms with van der Waals surface area (Å²) in [5, 5.41) is 2.92. The highest BCUT2D eigenvalue weighted by Gasteiger charge is 2.16. The third kappa shape index (κ3) is 2.90. The summed E-state index contributed by atoms with van der Waals surface area (Å²) in [4.78, 5) is 17.0. The van der Waals surface area contributed by atoms with Gasteiger partial charge in [-0.3, -0.25) is 4.79 Å². The van der Waals surface area contributed by atoms with E-state index in [1.54, 1.807) is 7.11 Å². The number of nitrogens with one attached hydrogen (secondary N) is 1. The number of rotatable bonds is 5. The zero-order valence-corrected chi connectivity index (χ0v) is 13.2. The first-order valence-corrected chi connectivity index (χ1v) is 7.60. The van der Waals surface area contributed by atoms with Gasteiger partial charge in [0.1, 0.15) is 11.6 Å². The summed E-state index contributed by atoms with van der Waals surface area (Å²) in [6.07, 6.45) is 2.70. The number of amides is 1. The van der Waals surface area contributed by atoms with Gasteiger partial charge in [0, 0.05) is 24.7 Å². The van der Waals surface area contributed by atoms with E-state index in [2.05, 4.69) is 10.3 Å². The zero-order valence-electron chi connectivity index (χ0n) is 13.2. The molecule has 118 valence electrons. The van der Waals surface area contributed by atoms with E-state index in [9.17, 15) is 4.79 Å². The van der Waals surface area contributed by atoms with Gasteiger partial charge >= 0.3 is 0 Å². The van der Waals surface area contributed by atoms with Crippen LogP contribution in [0.3, 0.4) is 0 Å². The molecule has 0 spiro atoms. The molecule has 0 saturated carbocycles. The maximum absolute atomic E-state index is 12.5. The van der Waals surface area contributed by atoms with Crippen LogP contribution in [0.1, 0.15) is 28.8 Å². The Kier molecular flexibility index (Phi) is 4.28. The van der Waals surface area contributed by atoms with E-state index in [1.165, 1.54) is 0 Å². The minimum absolute atomic E-state index is 0.181. The molecule has 5 nitrogen and oxygen atoms in total. The van der Waals surface area contributed by atoms with Crippen LogP contribution in [0.25, 0.3) is 5.52 Å². The van der Waals surface area contributed by atoms with Gasteiger partial charge in [0.05, 0.1) is 12.6 Å². The number of benzene rings is 1. The number of imidazole rings is 1. The molecule has 1 amide bonds. The number of aromatic nitrogens is 2. The van der Waals surface area contributed by atoms with Crippen LogP contribution in [-0.2, 0) is 13.0 Å². The number of methoxy groups -OCH3 is 1. The van der Waals surface area contributed by atoms with Gasteiger partial charge in [-0.25, -0.2) is 4.98 Å². The first kappa shape index (κ1) is 15.1. The van der Waals surface area contributed by atoms with E-state index >= 15 is 0 Å². The summed E-state index contributed by atoms with van der Waals surface area (Å²) >= 11 is 0. The van der Waals surface area contributed by atoms with Gasteiger partial charge in [0.25, 0.3) is 5.91 Å². The Morgan fingerprint density at radius 2 is 2.00 bits per heavy atom. The fourth-order valence-corrected chi connectivity index (χ4v) is 2.63. The van der Waals surface area contributed by atoms with Gasteiger partial charge in [-0.15, -0.1) is 0 Å². The second kappa shape index (κ2) is 6.52. The van der Waals surface area contributed by atoms with Gasteiger partial charge in [-0.1, -0.05) is 31.2 Å². The van der Waals surface area contributed by atoms with Crippen LogP contribution in [0.2, 0.25) is 0 Å². The molecular weight excluding hydrogens is 290 g/mol. The van der Waals surface area contributed by atoms with Crippen molar-refractivity contribution in [3.63, 3.8) is 0 Å². The number of hydrogen-bond donors (Lipinski definition) is 1. The van der Waals surface area contributed by atoms with Gasteiger partial charge in [-0.2, -0.15) is 0 Å². The fraction of sp³-hybridized carbons (Fsp3) is 0.222. The molecule has 0 aliphatic rings. The molecule has 23 heavy (non-hydrogen) atoms. The Labute approximate surface area is 134 Å². The number of hydrogen-bond acceptors (Lipinski definition) is 3. The third-order valence-corrected chi connectivity index (χ3v) is 3.78. The number of para-hydroxylation sites is 1. The Balaban J connectivity index is 1.84. The molecule has 5 heteroatoms. The van der Waals surface area contributed by atoms with Crippen molar-refractivity contribution in [3.8, 4) is 5.75 Å². The number of carbonyl (C=O) groups excluding carboxylic acids is 1. The molecule has 1 aromatic carbocycles. The average molecular weight is 309 g/mol. The maximum Gasteiger partial charge on any atom is 0.272 e. The summed E-state index contributed by atoms with van der Waals surface area (Å²) in [5.74, 6) is 1.46. The quantitative estimate of drug-likeness (QED) is 0.788. The van der Waals surface area contributed by atoms with Gasteiger partial charge < -0.3 is 14.5 Å². The summed E-state index contributed by atoms with van der Waals surface area (Å²) < 4.78 is 7.26. The molecule has 2 heterocycles. The van der Waals surface area contributed by atoms with Crippen LogP contribution in [0.15, 0.2) is 48.7 Å². The molecule has 3 rings (SSSR count). The molecule has 0 fully saturated rings. The predicted molar refractivity (Wildman–Crippen MR) is 88.7 cm³/mol. The molecule has 0 aliphatic heterocycles. The highest BCUT2D eigenvalue weighted by Crippen LogP contribution is 2.18. The van der Waals surface area contributed by atoms with Crippen LogP contribution in [0.4, 0.5) is 0 Å². The molecule has 0 radical (unpaired) electrons. The van der Waals surface area contributed by atoms with E-state index in [1.807, 2.05) is 60.0 Å². The number of ether oxygens (including phenoxy) is 1. The first-order chi connectivity index (χ1) is 11.2. The van der Waals surface area contributed by atoms with Crippen molar-refractivity contribution < 1.29 is 9.53 Å². The molecular formula is C18H19N3O2. The van der Waals surface area contributed by atoms with Crippen molar-refractivity contribution in [2.45, 2.75) is 19.9 Å². The van der Waals surface area contributed by atoms with E-state index in [0.717, 1.165) is 29.1 Å². The SMILES string of the molecule is CCc1nc(C(=O)NCc2ccccc2OC)c2ccccn12. The lowest BCUT2D eigenvalue weighted by Gasteiger charge is -2.08. The second-order valence-corrected chi connectivity index (χ2v) is 5.18. The molecule has 2 aromatic heterocycles. The largest absolute Gasteiger partial charge is 0.496 e. The van der Waals surface area contributed by atoms with Crippen LogP contribution < -0.4 is 10.1 Å². The number of nitrogens with zero attached hydrogens (tertiary/aromatic N) is 2. The zero-order chi connectivity index (χ0) is 16.2. The molecule has 0 atom stereocenters. The van der Waals surface area contributed by atoms with Gasteiger partial charge in [-0.05, 0) is 18.2 Å². The van der Waals surface area contributed by atoms with Gasteiger partial charge in [0.15, 0.2) is 5.69 Å². The molecule has 1 N–H and O–H groups in total. The Hall–Kier alpha value is -2.82. The molecule has 0 unspecified atom stereocenters. The van der Waals surface area contributed by atoms with E-state index < -0.39 is 0 Å². The monoisotopic (exact) mass is 309 g/mol. The minimum Gasteiger partial charge on any atom is -0.496 e. The lowest BCUT2D eigenvalue weighted by Crippen LogP contribution is -2.23. The average Bonchev–Trinajstić information content (AvgIpc) is 2.99. The predicted octanol–water partition coefficient (Wildman–Crippen LogP) is 2.84. The number of aryl methyl sites for hydroxylation is 1. The second-order valence-electron chi connectivity index (χ2n) is 5.18. The van der Waals surface area contributed by atoms with Crippen molar-refractivity contribution >= 4 is 11.4 Å². The van der Waals surface area contributed by atoms with Crippen molar-refractivity contribution in [1.29, 1.82) is 0 Å². The lowest BCUT2D eigenvalue weighted by atomic mass is 10.2. The summed E-state index contributed by atoms with van der Waals surface area (Å²) in [6.45, 7) is 2.43. The topological polar surface area (TPSA) is 55.6 Å². The Morgan fingerprint density at radius 3 is 2.78 bits per heavy atom. The maximum atomic E-state index is 12.5. The number of carbonyl (C=O) groups is 1. The highest BCUT2D eigenvalue weighted by atomic mass is 16.5. The first-order valence-electron chi connectivity index (χ1n) is 7.60. The number of pyridine rings is 1. The van der Waals surface area contributed by atoms with Crippen molar-refractivity contribution in [1.82, 2.24) is 14.7 Å². The normalized spacial score (nSPS) is 10.7. The van der Waals surface area contributed by atoms with E-state index in [-0.39, 0.29) is 5.91 Å². The Bertz CT molecular complexity index is 839. The number of fused-ring (bicyclic) bond motifs is 1. The van der Waals surface area contributed by atoms with Crippen molar-refractivity contribution in [3.05, 3.63) is 65.7 Å². The van der Waals surface area contributed by atoms with E-state index in [0.29, 0.717) is 12.2 Å². The van der Waals surface area contributed by atoms with Crippen LogP contribution in [-0.4, -0.2) is 22.4 Å². The Morgan fingerprint density at radius 1 is 1.22 bits per heavy atom. The van der Waals surface area contributed by atoms with Crippen LogP contribution in [0, 0.1) is 0 Å². The molecule has 0 saturated heterocycles. The summed E-state index contributed by atoms with van der Waals surface area (Å²) in [5.41, 5.74) is 2.21. The minimum atomic E-state index is -0.181. The standard InChI is InChI=1S/C18H19N3O2/c1-3-16-20-17(14-9-6-7-11-21(14)16)18(22)19-12-13-8-4-5-10-15(13)23-2/h4-11H,3,12H2,1-2H3,(H,19,22). The van der Waals surface area contributed by atoms with Gasteiger partial charge in [0.2, 0.25) is 0 Å².